The van der Waals surface area contributed by atoms with E-state index in [4.69, 9.17) is 11.6 Å². The van der Waals surface area contributed by atoms with Gasteiger partial charge in [-0.25, -0.2) is 0 Å². The van der Waals surface area contributed by atoms with Crippen LogP contribution in [-0.4, -0.2) is 19.5 Å². The maximum atomic E-state index is 12.5. The molecule has 0 aliphatic heterocycles. The van der Waals surface area contributed by atoms with Crippen LogP contribution in [0, 0.1) is 17.2 Å². The van der Waals surface area contributed by atoms with Gasteiger partial charge in [0, 0.05) is 15.5 Å². The molecule has 2 atom stereocenters. The number of nitriles is 1. The molecule has 2 aromatic rings. The molecular weight excluding hydrogens is 366 g/mol. The van der Waals surface area contributed by atoms with Gasteiger partial charge in [-0.05, 0) is 36.8 Å². The van der Waals surface area contributed by atoms with Crippen molar-refractivity contribution < 1.29 is 9.69 Å². The molecular formula is C20H23ClN3OS+. The molecule has 4 nitrogen and oxygen atoms in total. The van der Waals surface area contributed by atoms with E-state index in [1.165, 1.54) is 4.88 Å². The Morgan fingerprint density at radius 1 is 1.46 bits per heavy atom. The largest absolute Gasteiger partial charge is 0.326 e. The van der Waals surface area contributed by atoms with Gasteiger partial charge in [0.25, 0.3) is 5.91 Å². The van der Waals surface area contributed by atoms with Crippen molar-refractivity contribution in [3.63, 3.8) is 0 Å². The lowest BCUT2D eigenvalue weighted by Crippen LogP contribution is -3.08. The van der Waals surface area contributed by atoms with E-state index in [-0.39, 0.29) is 5.91 Å². The Bertz CT molecular complexity index is 855. The van der Waals surface area contributed by atoms with Crippen LogP contribution >= 0.6 is 22.9 Å². The Kier molecular flexibility index (Phi) is 5.98. The van der Waals surface area contributed by atoms with Crippen LogP contribution in [0.2, 0.25) is 5.02 Å². The molecule has 1 aliphatic carbocycles. The summed E-state index contributed by atoms with van der Waals surface area (Å²) in [7, 11) is 1.97. The zero-order valence-corrected chi connectivity index (χ0v) is 16.6. The summed E-state index contributed by atoms with van der Waals surface area (Å²) in [5, 5.41) is 13.9. The second kappa shape index (κ2) is 8.22. The minimum atomic E-state index is -0.0716. The number of likely N-dealkylation sites (N-methyl/N-ethyl adjacent to an activating group) is 1. The minimum absolute atomic E-state index is 0.0716. The summed E-state index contributed by atoms with van der Waals surface area (Å²) in [5.74, 6) is 0.570. The maximum absolute atomic E-state index is 12.5. The van der Waals surface area contributed by atoms with Crippen molar-refractivity contribution in [2.75, 3.05) is 18.9 Å². The number of nitrogens with zero attached hydrogens (tertiary/aromatic N) is 1. The average Bonchev–Trinajstić information content (AvgIpc) is 2.92. The van der Waals surface area contributed by atoms with E-state index in [2.05, 4.69) is 18.3 Å². The zero-order valence-electron chi connectivity index (χ0n) is 15.1. The number of carbonyl (C=O) groups excluding carboxylic acids is 1. The van der Waals surface area contributed by atoms with Crippen molar-refractivity contribution in [2.24, 2.45) is 5.92 Å². The van der Waals surface area contributed by atoms with Crippen molar-refractivity contribution in [1.82, 2.24) is 0 Å². The zero-order chi connectivity index (χ0) is 18.7. The van der Waals surface area contributed by atoms with Crippen LogP contribution in [0.15, 0.2) is 24.3 Å². The number of hydrogen-bond acceptors (Lipinski definition) is 3. The quantitative estimate of drug-likeness (QED) is 0.827. The van der Waals surface area contributed by atoms with E-state index in [1.807, 2.05) is 31.3 Å². The van der Waals surface area contributed by atoms with Crippen LogP contribution in [0.25, 0.3) is 0 Å². The summed E-state index contributed by atoms with van der Waals surface area (Å²) in [6.07, 6.45) is 3.04. The van der Waals surface area contributed by atoms with Gasteiger partial charge in [0.1, 0.15) is 17.6 Å². The highest BCUT2D eigenvalue weighted by atomic mass is 35.5. The van der Waals surface area contributed by atoms with E-state index >= 15 is 0 Å². The fourth-order valence-corrected chi connectivity index (χ4v) is 5.01. The van der Waals surface area contributed by atoms with Crippen molar-refractivity contribution in [3.8, 4) is 6.07 Å². The van der Waals surface area contributed by atoms with E-state index in [0.717, 1.165) is 40.3 Å². The third-order valence-corrected chi connectivity index (χ3v) is 6.33. The topological polar surface area (TPSA) is 57.3 Å². The maximum Gasteiger partial charge on any atom is 0.280 e. The summed E-state index contributed by atoms with van der Waals surface area (Å²) >= 11 is 7.76. The van der Waals surface area contributed by atoms with Crippen LogP contribution in [0.4, 0.5) is 5.00 Å². The molecule has 6 heteroatoms. The number of halogens is 1. The summed E-state index contributed by atoms with van der Waals surface area (Å²) in [6, 6.07) is 9.98. The normalized spacial score (nSPS) is 17.2. The molecule has 0 saturated carbocycles. The number of quaternary nitrogens is 1. The Morgan fingerprint density at radius 3 is 2.96 bits per heavy atom. The predicted octanol–water partition coefficient (Wildman–Crippen LogP) is 3.05. The van der Waals surface area contributed by atoms with Gasteiger partial charge in [0.05, 0.1) is 12.6 Å². The molecule has 1 amide bonds. The highest BCUT2D eigenvalue weighted by Crippen LogP contribution is 2.39. The first-order valence-electron chi connectivity index (χ1n) is 8.87. The van der Waals surface area contributed by atoms with Gasteiger partial charge in [-0.2, -0.15) is 5.26 Å². The first kappa shape index (κ1) is 18.9. The monoisotopic (exact) mass is 388 g/mol. The van der Waals surface area contributed by atoms with Crippen molar-refractivity contribution >= 4 is 33.8 Å². The molecule has 3 rings (SSSR count). The smallest absolute Gasteiger partial charge is 0.280 e. The van der Waals surface area contributed by atoms with E-state index in [0.29, 0.717) is 29.6 Å². The number of hydrogen-bond donors (Lipinski definition) is 2. The number of anilines is 1. The third-order valence-electron chi connectivity index (χ3n) is 4.79. The van der Waals surface area contributed by atoms with Crippen LogP contribution in [0.3, 0.4) is 0 Å². The SMILES string of the molecule is C[C@@H]1CCc2c(sc(NC(=O)C[NH+](C)Cc3ccccc3Cl)c2C#N)C1. The number of nitrogens with one attached hydrogen (secondary N) is 2. The van der Waals surface area contributed by atoms with Crippen LogP contribution in [0.1, 0.15) is 34.9 Å². The van der Waals surface area contributed by atoms with Crippen LogP contribution in [0.5, 0.6) is 0 Å². The number of benzene rings is 1. The molecule has 26 heavy (non-hydrogen) atoms. The van der Waals surface area contributed by atoms with Crippen LogP contribution in [-0.2, 0) is 24.2 Å². The lowest BCUT2D eigenvalue weighted by molar-refractivity contribution is -0.885. The molecule has 0 fully saturated rings. The fraction of sp³-hybridized carbons (Fsp3) is 0.400. The lowest BCUT2D eigenvalue weighted by atomic mass is 9.89. The number of amides is 1. The van der Waals surface area contributed by atoms with Gasteiger partial charge in [-0.15, -0.1) is 11.3 Å². The first-order chi connectivity index (χ1) is 12.5. The molecule has 1 unspecified atom stereocenters. The average molecular weight is 389 g/mol. The van der Waals surface area contributed by atoms with Crippen molar-refractivity contribution in [2.45, 2.75) is 32.7 Å². The standard InChI is InChI=1S/C20H22ClN3OS/c1-13-7-8-15-16(10-22)20(26-18(15)9-13)23-19(25)12-24(2)11-14-5-3-4-6-17(14)21/h3-6,13H,7-9,11-12H2,1-2H3,(H,23,25)/p+1/t13-/m1/s1. The van der Waals surface area contributed by atoms with E-state index in [1.54, 1.807) is 11.3 Å². The molecule has 1 aromatic heterocycles. The fourth-order valence-electron chi connectivity index (χ4n) is 3.43. The predicted molar refractivity (Wildman–Crippen MR) is 106 cm³/mol. The van der Waals surface area contributed by atoms with Gasteiger partial charge < -0.3 is 10.2 Å². The lowest BCUT2D eigenvalue weighted by Gasteiger charge is -2.17. The summed E-state index contributed by atoms with van der Waals surface area (Å²) in [6.45, 7) is 3.24. The summed E-state index contributed by atoms with van der Waals surface area (Å²) in [4.78, 5) is 14.8. The second-order valence-corrected chi connectivity index (χ2v) is 8.63. The van der Waals surface area contributed by atoms with Gasteiger partial charge in [-0.3, -0.25) is 4.79 Å². The highest BCUT2D eigenvalue weighted by molar-refractivity contribution is 7.16. The first-order valence-corrected chi connectivity index (χ1v) is 10.1. The Balaban J connectivity index is 1.65. The second-order valence-electron chi connectivity index (χ2n) is 7.12. The Morgan fingerprint density at radius 2 is 2.23 bits per heavy atom. The number of rotatable bonds is 5. The molecule has 1 aromatic carbocycles. The van der Waals surface area contributed by atoms with E-state index in [9.17, 15) is 10.1 Å². The number of thiophene rings is 1. The minimum Gasteiger partial charge on any atom is -0.326 e. The molecule has 2 N–H and O–H groups in total. The molecule has 0 radical (unpaired) electrons. The summed E-state index contributed by atoms with van der Waals surface area (Å²) in [5.41, 5.74) is 2.83. The highest BCUT2D eigenvalue weighted by Gasteiger charge is 2.25. The van der Waals surface area contributed by atoms with Crippen molar-refractivity contribution in [1.29, 1.82) is 5.26 Å². The molecule has 136 valence electrons. The summed E-state index contributed by atoms with van der Waals surface area (Å²) < 4.78 is 0. The number of fused-ring (bicyclic) bond motifs is 1. The Labute approximate surface area is 163 Å². The molecule has 0 saturated heterocycles. The number of carbonyl (C=O) groups is 1. The molecule has 1 aliphatic rings. The van der Waals surface area contributed by atoms with Gasteiger partial charge in [0.2, 0.25) is 0 Å². The molecule has 0 spiro atoms. The van der Waals surface area contributed by atoms with E-state index < -0.39 is 0 Å². The third kappa shape index (κ3) is 4.27. The molecule has 0 bridgehead atoms. The Hall–Kier alpha value is -1.87. The molecule has 1 heterocycles. The van der Waals surface area contributed by atoms with Crippen molar-refractivity contribution in [3.05, 3.63) is 50.9 Å². The van der Waals surface area contributed by atoms with Crippen LogP contribution < -0.4 is 10.2 Å². The van der Waals surface area contributed by atoms with Gasteiger partial charge in [-0.1, -0.05) is 36.7 Å². The van der Waals surface area contributed by atoms with Gasteiger partial charge in [0.15, 0.2) is 6.54 Å². The van der Waals surface area contributed by atoms with Gasteiger partial charge >= 0.3 is 0 Å².